The zero-order valence-electron chi connectivity index (χ0n) is 18.4. The molecule has 0 aliphatic rings. The Labute approximate surface area is 205 Å². The molecule has 3 nitrogen and oxygen atoms in total. The van der Waals surface area contributed by atoms with Gasteiger partial charge in [-0.15, -0.1) is 0 Å². The number of carbonyl (C=O) groups excluding carboxylic acids is 1. The molecule has 34 heavy (non-hydrogen) atoms. The Morgan fingerprint density at radius 3 is 2.26 bits per heavy atom. The van der Waals surface area contributed by atoms with Gasteiger partial charge in [-0.2, -0.15) is 13.2 Å². The van der Waals surface area contributed by atoms with Crippen molar-refractivity contribution in [2.75, 3.05) is 12.1 Å². The lowest BCUT2D eigenvalue weighted by Gasteiger charge is -2.22. The van der Waals surface area contributed by atoms with Crippen LogP contribution >= 0.6 is 23.2 Å². The molecule has 0 heterocycles. The Balaban J connectivity index is 1.72. The van der Waals surface area contributed by atoms with Crippen molar-refractivity contribution in [2.24, 2.45) is 0 Å². The highest BCUT2D eigenvalue weighted by atomic mass is 35.5. The van der Waals surface area contributed by atoms with E-state index in [2.05, 4.69) is 5.43 Å². The zero-order valence-corrected chi connectivity index (χ0v) is 19.9. The van der Waals surface area contributed by atoms with Crippen LogP contribution in [0, 0.1) is 12.7 Å². The quantitative estimate of drug-likeness (QED) is 0.262. The average molecular weight is 513 g/mol. The highest BCUT2D eigenvalue weighted by Gasteiger charge is 2.40. The van der Waals surface area contributed by atoms with Gasteiger partial charge in [-0.05, 0) is 72.9 Å². The number of amides is 1. The summed E-state index contributed by atoms with van der Waals surface area (Å²) in [5.41, 5.74) is 4.38. The SMILES string of the molecule is Cc1cc(CCC(c2cc(Cl)cc(Cl)c2)C(F)(F)F)ccc1C(=O)NN(C)c1ccccc1F. The van der Waals surface area contributed by atoms with E-state index in [1.54, 1.807) is 37.3 Å². The van der Waals surface area contributed by atoms with Gasteiger partial charge in [0.25, 0.3) is 5.91 Å². The first kappa shape index (κ1) is 25.8. The summed E-state index contributed by atoms with van der Waals surface area (Å²) in [5.74, 6) is -2.68. The number of nitrogens with zero attached hydrogens (tertiary/aromatic N) is 1. The molecule has 0 bridgehead atoms. The summed E-state index contributed by atoms with van der Waals surface area (Å²) in [6.07, 6.45) is -4.55. The summed E-state index contributed by atoms with van der Waals surface area (Å²) in [4.78, 5) is 12.7. The van der Waals surface area contributed by atoms with E-state index in [9.17, 15) is 22.4 Å². The van der Waals surface area contributed by atoms with Crippen LogP contribution in [0.4, 0.5) is 23.2 Å². The number of halogens is 6. The maximum absolute atomic E-state index is 13.9. The van der Waals surface area contributed by atoms with Gasteiger partial charge < -0.3 is 0 Å². The summed E-state index contributed by atoms with van der Waals surface area (Å²) in [6, 6.07) is 14.8. The predicted octanol–water partition coefficient (Wildman–Crippen LogP) is 7.50. The number of para-hydroxylation sites is 1. The number of rotatable bonds is 7. The number of carbonyl (C=O) groups is 1. The molecule has 9 heteroatoms. The molecule has 0 aromatic heterocycles. The molecular weight excluding hydrogens is 491 g/mol. The number of anilines is 1. The fourth-order valence-corrected chi connectivity index (χ4v) is 4.28. The number of aryl methyl sites for hydroxylation is 2. The molecule has 1 atom stereocenters. The molecule has 1 amide bonds. The minimum absolute atomic E-state index is 0.00824. The lowest BCUT2D eigenvalue weighted by molar-refractivity contribution is -0.151. The second-order valence-electron chi connectivity index (χ2n) is 7.94. The van der Waals surface area contributed by atoms with Gasteiger partial charge in [0.15, 0.2) is 0 Å². The van der Waals surface area contributed by atoms with Crippen molar-refractivity contribution < 1.29 is 22.4 Å². The summed E-state index contributed by atoms with van der Waals surface area (Å²) < 4.78 is 55.2. The monoisotopic (exact) mass is 512 g/mol. The third-order valence-electron chi connectivity index (χ3n) is 5.42. The molecule has 0 saturated heterocycles. The number of hydrogen-bond donors (Lipinski definition) is 1. The van der Waals surface area contributed by atoms with E-state index in [-0.39, 0.29) is 34.1 Å². The van der Waals surface area contributed by atoms with Crippen LogP contribution in [0.3, 0.4) is 0 Å². The molecule has 3 aromatic rings. The number of hydrazine groups is 1. The van der Waals surface area contributed by atoms with Crippen molar-refractivity contribution in [3.05, 3.63) is 98.8 Å². The van der Waals surface area contributed by atoms with Crippen molar-refractivity contribution in [2.45, 2.75) is 31.9 Å². The Morgan fingerprint density at radius 2 is 1.68 bits per heavy atom. The normalized spacial score (nSPS) is 12.4. The molecule has 0 spiro atoms. The van der Waals surface area contributed by atoms with Crippen LogP contribution in [0.2, 0.25) is 10.0 Å². The average Bonchev–Trinajstić information content (AvgIpc) is 2.72. The van der Waals surface area contributed by atoms with E-state index < -0.39 is 23.8 Å². The molecule has 0 saturated carbocycles. The van der Waals surface area contributed by atoms with Crippen molar-refractivity contribution in [3.8, 4) is 0 Å². The van der Waals surface area contributed by atoms with Crippen LogP contribution in [0.1, 0.15) is 39.4 Å². The number of hydrogen-bond acceptors (Lipinski definition) is 2. The van der Waals surface area contributed by atoms with E-state index in [1.807, 2.05) is 0 Å². The molecule has 0 aliphatic carbocycles. The number of benzene rings is 3. The molecule has 1 unspecified atom stereocenters. The Kier molecular flexibility index (Phi) is 8.10. The molecule has 0 aliphatic heterocycles. The van der Waals surface area contributed by atoms with Gasteiger partial charge in [0.05, 0.1) is 11.6 Å². The molecule has 1 N–H and O–H groups in total. The van der Waals surface area contributed by atoms with Gasteiger partial charge >= 0.3 is 6.18 Å². The van der Waals surface area contributed by atoms with Crippen LogP contribution in [-0.4, -0.2) is 19.1 Å². The van der Waals surface area contributed by atoms with Crippen LogP contribution in [0.5, 0.6) is 0 Å². The largest absolute Gasteiger partial charge is 0.395 e. The second kappa shape index (κ2) is 10.7. The van der Waals surface area contributed by atoms with Crippen LogP contribution < -0.4 is 10.4 Å². The highest BCUT2D eigenvalue weighted by Crippen LogP contribution is 2.40. The minimum Gasteiger partial charge on any atom is -0.285 e. The molecule has 180 valence electrons. The summed E-state index contributed by atoms with van der Waals surface area (Å²) in [5, 5.41) is 1.56. The highest BCUT2D eigenvalue weighted by molar-refractivity contribution is 6.34. The summed E-state index contributed by atoms with van der Waals surface area (Å²) in [6.45, 7) is 1.69. The van der Waals surface area contributed by atoms with Gasteiger partial charge in [-0.1, -0.05) is 47.5 Å². The smallest absolute Gasteiger partial charge is 0.285 e. The Hall–Kier alpha value is -2.77. The molecule has 3 rings (SSSR count). The second-order valence-corrected chi connectivity index (χ2v) is 8.81. The van der Waals surface area contributed by atoms with Gasteiger partial charge in [0.2, 0.25) is 0 Å². The standard InChI is InChI=1S/C25H22Cl2F4N2O/c1-15-11-16(8-10-21(25(29,30)31)17-12-18(26)14-19(27)13-17)7-9-20(15)24(34)32-33(2)23-6-4-3-5-22(23)28/h3-7,9,11-14,21H,8,10H2,1-2H3,(H,32,34). The predicted molar refractivity (Wildman–Crippen MR) is 127 cm³/mol. The molecule has 0 fully saturated rings. The summed E-state index contributed by atoms with van der Waals surface area (Å²) in [7, 11) is 1.51. The fourth-order valence-electron chi connectivity index (χ4n) is 3.74. The van der Waals surface area contributed by atoms with Crippen LogP contribution in [0.15, 0.2) is 60.7 Å². The van der Waals surface area contributed by atoms with E-state index in [0.717, 1.165) is 0 Å². The maximum atomic E-state index is 13.9. The molecular formula is C25H22Cl2F4N2O. The van der Waals surface area contributed by atoms with Crippen molar-refractivity contribution >= 4 is 34.8 Å². The number of nitrogens with one attached hydrogen (secondary N) is 1. The molecule has 3 aromatic carbocycles. The number of alkyl halides is 3. The van der Waals surface area contributed by atoms with Crippen molar-refractivity contribution in [1.29, 1.82) is 0 Å². The molecule has 0 radical (unpaired) electrons. The first-order chi connectivity index (χ1) is 16.0. The van der Waals surface area contributed by atoms with Crippen LogP contribution in [0.25, 0.3) is 0 Å². The first-order valence-electron chi connectivity index (χ1n) is 10.4. The van der Waals surface area contributed by atoms with Crippen molar-refractivity contribution in [1.82, 2.24) is 5.43 Å². The maximum Gasteiger partial charge on any atom is 0.395 e. The van der Waals surface area contributed by atoms with Gasteiger partial charge in [-0.25, -0.2) is 4.39 Å². The van der Waals surface area contributed by atoms with Gasteiger partial charge in [0, 0.05) is 22.7 Å². The first-order valence-corrected chi connectivity index (χ1v) is 11.1. The van der Waals surface area contributed by atoms with Gasteiger partial charge in [-0.3, -0.25) is 15.2 Å². The Bertz CT molecular complexity index is 1160. The van der Waals surface area contributed by atoms with E-state index >= 15 is 0 Å². The van der Waals surface area contributed by atoms with E-state index in [1.165, 1.54) is 42.4 Å². The van der Waals surface area contributed by atoms with Crippen LogP contribution in [-0.2, 0) is 6.42 Å². The van der Waals surface area contributed by atoms with Gasteiger partial charge in [0.1, 0.15) is 5.82 Å². The lowest BCUT2D eigenvalue weighted by atomic mass is 9.91. The van der Waals surface area contributed by atoms with Crippen molar-refractivity contribution in [3.63, 3.8) is 0 Å². The lowest BCUT2D eigenvalue weighted by Crippen LogP contribution is -2.40. The van der Waals surface area contributed by atoms with E-state index in [4.69, 9.17) is 23.2 Å². The van der Waals surface area contributed by atoms with E-state index in [0.29, 0.717) is 16.7 Å². The third kappa shape index (κ3) is 6.42. The third-order valence-corrected chi connectivity index (χ3v) is 5.86. The zero-order chi connectivity index (χ0) is 25.0. The Morgan fingerprint density at radius 1 is 1.03 bits per heavy atom. The fraction of sp³-hybridized carbons (Fsp3) is 0.240. The minimum atomic E-state index is -4.47. The topological polar surface area (TPSA) is 32.3 Å². The summed E-state index contributed by atoms with van der Waals surface area (Å²) >= 11 is 11.8.